The molecule has 1 aliphatic rings. The molecule has 2 heterocycles. The smallest absolute Gasteiger partial charge is 0.363 e. The molecule has 0 saturated carbocycles. The molecule has 0 bridgehead atoms. The highest BCUT2D eigenvalue weighted by molar-refractivity contribution is 6.30. The van der Waals surface area contributed by atoms with Gasteiger partial charge in [0, 0.05) is 16.7 Å². The predicted molar refractivity (Wildman–Crippen MR) is 109 cm³/mol. The van der Waals surface area contributed by atoms with E-state index in [1.54, 1.807) is 42.5 Å². The van der Waals surface area contributed by atoms with Crippen molar-refractivity contribution in [2.24, 2.45) is 4.99 Å². The zero-order valence-corrected chi connectivity index (χ0v) is 16.3. The van der Waals surface area contributed by atoms with E-state index in [1.807, 2.05) is 0 Å². The van der Waals surface area contributed by atoms with Gasteiger partial charge in [0.05, 0.1) is 23.7 Å². The second-order valence-electron chi connectivity index (χ2n) is 6.19. The second kappa shape index (κ2) is 7.84. The van der Waals surface area contributed by atoms with Crippen molar-refractivity contribution in [3.8, 4) is 17.1 Å². The normalized spacial score (nSPS) is 14.5. The Kier molecular flexibility index (Phi) is 5.07. The Balaban J connectivity index is 1.65. The number of rotatable bonds is 5. The van der Waals surface area contributed by atoms with Crippen molar-refractivity contribution >= 4 is 35.2 Å². The third-order valence-electron chi connectivity index (χ3n) is 4.28. The quantitative estimate of drug-likeness (QED) is 0.250. The van der Waals surface area contributed by atoms with E-state index in [9.17, 15) is 14.9 Å². The lowest BCUT2D eigenvalue weighted by Crippen LogP contribution is -2.05. The Morgan fingerprint density at radius 3 is 2.60 bits per heavy atom. The largest absolute Gasteiger partial charge is 0.497 e. The SMILES string of the molecule is COc1ccc(-c2ccc(C=C3N=C(c4ccc(Cl)cc4)OC3=O)o2)c([N+](=O)[O-])c1. The summed E-state index contributed by atoms with van der Waals surface area (Å²) in [6, 6.07) is 14.3. The summed E-state index contributed by atoms with van der Waals surface area (Å²) in [4.78, 5) is 27.2. The van der Waals surface area contributed by atoms with Gasteiger partial charge in [0.2, 0.25) is 5.90 Å². The molecule has 30 heavy (non-hydrogen) atoms. The molecule has 0 aliphatic carbocycles. The van der Waals surface area contributed by atoms with Gasteiger partial charge in [0.25, 0.3) is 5.69 Å². The van der Waals surface area contributed by atoms with E-state index in [-0.39, 0.29) is 28.6 Å². The molecule has 0 unspecified atom stereocenters. The number of carbonyl (C=O) groups is 1. The number of cyclic esters (lactones) is 1. The lowest BCUT2D eigenvalue weighted by atomic mass is 10.1. The number of benzene rings is 2. The van der Waals surface area contributed by atoms with Crippen molar-refractivity contribution in [1.82, 2.24) is 0 Å². The predicted octanol–water partition coefficient (Wildman–Crippen LogP) is 4.86. The maximum Gasteiger partial charge on any atom is 0.363 e. The minimum Gasteiger partial charge on any atom is -0.497 e. The van der Waals surface area contributed by atoms with Gasteiger partial charge in [-0.25, -0.2) is 9.79 Å². The van der Waals surface area contributed by atoms with Gasteiger partial charge >= 0.3 is 5.97 Å². The molecule has 9 heteroatoms. The van der Waals surface area contributed by atoms with E-state index in [2.05, 4.69) is 4.99 Å². The van der Waals surface area contributed by atoms with Gasteiger partial charge in [0.1, 0.15) is 17.3 Å². The summed E-state index contributed by atoms with van der Waals surface area (Å²) in [7, 11) is 1.43. The molecule has 0 spiro atoms. The van der Waals surface area contributed by atoms with Crippen LogP contribution in [0.5, 0.6) is 5.75 Å². The average molecular weight is 425 g/mol. The molecule has 0 saturated heterocycles. The number of nitro benzene ring substituents is 1. The van der Waals surface area contributed by atoms with Crippen molar-refractivity contribution in [1.29, 1.82) is 0 Å². The molecule has 0 amide bonds. The molecule has 1 aliphatic heterocycles. The Bertz CT molecular complexity index is 1210. The van der Waals surface area contributed by atoms with Crippen molar-refractivity contribution in [3.63, 3.8) is 0 Å². The van der Waals surface area contributed by atoms with E-state index >= 15 is 0 Å². The minimum absolute atomic E-state index is 0.0464. The zero-order valence-electron chi connectivity index (χ0n) is 15.5. The highest BCUT2D eigenvalue weighted by Gasteiger charge is 2.25. The molecular formula is C21H13ClN2O6. The van der Waals surface area contributed by atoms with E-state index in [0.29, 0.717) is 22.1 Å². The fourth-order valence-electron chi connectivity index (χ4n) is 2.83. The Morgan fingerprint density at radius 1 is 1.13 bits per heavy atom. The Hall–Kier alpha value is -3.91. The lowest BCUT2D eigenvalue weighted by molar-refractivity contribution is -0.384. The molecular weight excluding hydrogens is 412 g/mol. The number of nitro groups is 1. The zero-order chi connectivity index (χ0) is 21.3. The van der Waals surface area contributed by atoms with Gasteiger partial charge in [-0.3, -0.25) is 10.1 Å². The van der Waals surface area contributed by atoms with E-state index < -0.39 is 10.9 Å². The second-order valence-corrected chi connectivity index (χ2v) is 6.62. The van der Waals surface area contributed by atoms with Gasteiger partial charge in [-0.05, 0) is 48.5 Å². The first-order valence-electron chi connectivity index (χ1n) is 8.66. The number of carbonyl (C=O) groups excluding carboxylic acids is 1. The number of aliphatic imine (C=N–C) groups is 1. The topological polar surface area (TPSA) is 104 Å². The highest BCUT2D eigenvalue weighted by atomic mass is 35.5. The molecule has 0 N–H and O–H groups in total. The number of methoxy groups -OCH3 is 1. The number of esters is 1. The van der Waals surface area contributed by atoms with Crippen LogP contribution in [-0.4, -0.2) is 23.9 Å². The summed E-state index contributed by atoms with van der Waals surface area (Å²) in [5.41, 5.74) is 0.770. The molecule has 1 aromatic heterocycles. The van der Waals surface area contributed by atoms with Crippen LogP contribution in [0.2, 0.25) is 5.02 Å². The molecule has 4 rings (SSSR count). The van der Waals surface area contributed by atoms with Crippen LogP contribution in [0.15, 0.2) is 69.7 Å². The first-order chi connectivity index (χ1) is 14.4. The van der Waals surface area contributed by atoms with Crippen LogP contribution in [0.4, 0.5) is 5.69 Å². The van der Waals surface area contributed by atoms with Crippen LogP contribution >= 0.6 is 11.6 Å². The summed E-state index contributed by atoms with van der Waals surface area (Å²) in [5.74, 6) is 0.443. The van der Waals surface area contributed by atoms with Crippen LogP contribution in [0.25, 0.3) is 17.4 Å². The highest BCUT2D eigenvalue weighted by Crippen LogP contribution is 2.34. The average Bonchev–Trinajstić information content (AvgIpc) is 3.35. The number of furan rings is 1. The molecule has 0 fully saturated rings. The van der Waals surface area contributed by atoms with Crippen LogP contribution in [-0.2, 0) is 9.53 Å². The number of halogens is 1. The molecule has 3 aromatic rings. The molecule has 0 atom stereocenters. The Morgan fingerprint density at radius 2 is 1.90 bits per heavy atom. The number of nitrogens with zero attached hydrogens (tertiary/aromatic N) is 2. The van der Waals surface area contributed by atoms with E-state index in [4.69, 9.17) is 25.5 Å². The molecule has 8 nitrogen and oxygen atoms in total. The standard InChI is InChI=1S/C21H13ClN2O6/c1-28-14-6-8-16(18(11-14)24(26)27)19-9-7-15(29-19)10-17-21(25)30-20(23-17)12-2-4-13(22)5-3-12/h2-11H,1H3. The summed E-state index contributed by atoms with van der Waals surface area (Å²) in [6.45, 7) is 0. The monoisotopic (exact) mass is 424 g/mol. The minimum atomic E-state index is -0.631. The van der Waals surface area contributed by atoms with E-state index in [0.717, 1.165) is 0 Å². The number of ether oxygens (including phenoxy) is 2. The van der Waals surface area contributed by atoms with Crippen LogP contribution in [0.1, 0.15) is 11.3 Å². The maximum absolute atomic E-state index is 12.1. The fourth-order valence-corrected chi connectivity index (χ4v) is 2.96. The lowest BCUT2D eigenvalue weighted by Gasteiger charge is -2.03. The Labute approximate surface area is 175 Å². The van der Waals surface area contributed by atoms with Gasteiger partial charge in [-0.1, -0.05) is 11.6 Å². The molecule has 2 aromatic carbocycles. The molecule has 150 valence electrons. The fraction of sp³-hybridized carbons (Fsp3) is 0.0476. The third-order valence-corrected chi connectivity index (χ3v) is 4.54. The van der Waals surface area contributed by atoms with Gasteiger partial charge in [0.15, 0.2) is 5.70 Å². The summed E-state index contributed by atoms with van der Waals surface area (Å²) >= 11 is 5.86. The van der Waals surface area contributed by atoms with Crippen LogP contribution in [0, 0.1) is 10.1 Å². The van der Waals surface area contributed by atoms with Gasteiger partial charge in [-0.15, -0.1) is 0 Å². The number of hydrogen-bond donors (Lipinski definition) is 0. The maximum atomic E-state index is 12.1. The first-order valence-corrected chi connectivity index (χ1v) is 9.03. The van der Waals surface area contributed by atoms with Gasteiger partial charge in [-0.2, -0.15) is 0 Å². The van der Waals surface area contributed by atoms with Crippen molar-refractivity contribution in [3.05, 3.63) is 86.8 Å². The van der Waals surface area contributed by atoms with Crippen molar-refractivity contribution < 1.29 is 23.6 Å². The van der Waals surface area contributed by atoms with E-state index in [1.165, 1.54) is 25.3 Å². The van der Waals surface area contributed by atoms with Crippen molar-refractivity contribution in [2.75, 3.05) is 7.11 Å². The summed E-state index contributed by atoms with van der Waals surface area (Å²) < 4.78 is 15.9. The van der Waals surface area contributed by atoms with Crippen LogP contribution in [0.3, 0.4) is 0 Å². The van der Waals surface area contributed by atoms with Gasteiger partial charge < -0.3 is 13.9 Å². The number of hydrogen-bond acceptors (Lipinski definition) is 7. The first kappa shape index (κ1) is 19.4. The summed E-state index contributed by atoms with van der Waals surface area (Å²) in [6.07, 6.45) is 1.41. The summed E-state index contributed by atoms with van der Waals surface area (Å²) in [5, 5.41) is 11.9. The molecule has 0 radical (unpaired) electrons. The van der Waals surface area contributed by atoms with Crippen molar-refractivity contribution in [2.45, 2.75) is 0 Å². The third kappa shape index (κ3) is 3.81. The van der Waals surface area contributed by atoms with Crippen LogP contribution < -0.4 is 4.74 Å².